The normalized spacial score (nSPS) is 20.4. The number of fused-ring (bicyclic) bond motifs is 1. The van der Waals surface area contributed by atoms with Gasteiger partial charge in [0.25, 0.3) is 0 Å². The molecule has 3 rings (SSSR count). The Labute approximate surface area is 190 Å². The van der Waals surface area contributed by atoms with Gasteiger partial charge in [-0.2, -0.15) is 0 Å². The molecule has 1 heterocycles. The third-order valence-corrected chi connectivity index (χ3v) is 5.76. The molecule has 1 aromatic carbocycles. The molecule has 1 aliphatic carbocycles. The number of benzene rings is 1. The van der Waals surface area contributed by atoms with Crippen LogP contribution in [0.1, 0.15) is 24.8 Å². The topological polar surface area (TPSA) is 80.0 Å². The molecule has 0 aromatic heterocycles. The average Bonchev–Trinajstić information content (AvgIpc) is 2.75. The van der Waals surface area contributed by atoms with Gasteiger partial charge in [-0.15, -0.1) is 0 Å². The third-order valence-electron chi connectivity index (χ3n) is 5.17. The maximum absolute atomic E-state index is 12.9. The Hall–Kier alpha value is -2.93. The summed E-state index contributed by atoms with van der Waals surface area (Å²) < 4.78 is 22.9. The summed E-state index contributed by atoms with van der Waals surface area (Å²) in [6, 6.07) is 3.75. The molecule has 2 aliphatic rings. The van der Waals surface area contributed by atoms with E-state index in [2.05, 4.69) is 22.5 Å². The van der Waals surface area contributed by atoms with E-state index in [1.807, 2.05) is 36.4 Å². The number of hydrogen-bond acceptors (Lipinski definition) is 6. The van der Waals surface area contributed by atoms with Crippen LogP contribution in [0.3, 0.4) is 0 Å². The number of esters is 1. The Morgan fingerprint density at radius 1 is 1.32 bits per heavy atom. The van der Waals surface area contributed by atoms with Crippen molar-refractivity contribution in [2.24, 2.45) is 5.73 Å². The molecule has 6 nitrogen and oxygen atoms in total. The maximum Gasteiger partial charge on any atom is 0.340 e. The van der Waals surface area contributed by atoms with Gasteiger partial charge in [0.15, 0.2) is 17.4 Å². The molecule has 0 bridgehead atoms. The van der Waals surface area contributed by atoms with Crippen LogP contribution < -0.4 is 15.2 Å². The van der Waals surface area contributed by atoms with Crippen molar-refractivity contribution in [2.75, 3.05) is 20.8 Å². The maximum atomic E-state index is 12.9. The zero-order valence-corrected chi connectivity index (χ0v) is 19.4. The van der Waals surface area contributed by atoms with Gasteiger partial charge in [-0.1, -0.05) is 37.0 Å². The van der Waals surface area contributed by atoms with Crippen LogP contribution in [-0.2, 0) is 14.3 Å². The van der Waals surface area contributed by atoms with Crippen LogP contribution in [0.15, 0.2) is 76.2 Å². The zero-order chi connectivity index (χ0) is 22.5. The first kappa shape index (κ1) is 22.7. The molecule has 0 spiro atoms. The van der Waals surface area contributed by atoms with Gasteiger partial charge in [0.1, 0.15) is 11.7 Å². The Bertz CT molecular complexity index is 1010. The Kier molecular flexibility index (Phi) is 7.28. The number of rotatable bonds is 7. The first-order chi connectivity index (χ1) is 14.9. The number of nitrogens with two attached hydrogens (primary N) is 1. The monoisotopic (exact) mass is 487 g/mol. The lowest BCUT2D eigenvalue weighted by Gasteiger charge is -2.36. The lowest BCUT2D eigenvalue weighted by atomic mass is 9.77. The highest BCUT2D eigenvalue weighted by atomic mass is 79.9. The second-order valence-corrected chi connectivity index (χ2v) is 7.84. The first-order valence-electron chi connectivity index (χ1n) is 9.89. The van der Waals surface area contributed by atoms with Gasteiger partial charge in [-0.3, -0.25) is 0 Å². The van der Waals surface area contributed by atoms with Crippen molar-refractivity contribution in [3.05, 3.63) is 81.7 Å². The van der Waals surface area contributed by atoms with Crippen LogP contribution in [0.25, 0.3) is 0 Å². The second-order valence-electron chi connectivity index (χ2n) is 6.98. The van der Waals surface area contributed by atoms with E-state index in [1.54, 1.807) is 27.2 Å². The smallest absolute Gasteiger partial charge is 0.340 e. The van der Waals surface area contributed by atoms with Crippen LogP contribution in [0.2, 0.25) is 0 Å². The fourth-order valence-corrected chi connectivity index (χ4v) is 4.46. The van der Waals surface area contributed by atoms with Crippen molar-refractivity contribution >= 4 is 21.9 Å². The van der Waals surface area contributed by atoms with Gasteiger partial charge in [0.2, 0.25) is 0 Å². The molecule has 0 amide bonds. The summed E-state index contributed by atoms with van der Waals surface area (Å²) in [6.45, 7) is 5.70. The van der Waals surface area contributed by atoms with Crippen LogP contribution in [0.4, 0.5) is 0 Å². The molecule has 1 aromatic rings. The van der Waals surface area contributed by atoms with Crippen molar-refractivity contribution in [3.63, 3.8) is 0 Å². The van der Waals surface area contributed by atoms with E-state index in [0.717, 1.165) is 16.7 Å². The molecule has 0 saturated heterocycles. The van der Waals surface area contributed by atoms with E-state index in [4.69, 9.17) is 24.7 Å². The highest BCUT2D eigenvalue weighted by molar-refractivity contribution is 9.10. The third kappa shape index (κ3) is 4.56. The molecule has 0 radical (unpaired) electrons. The quantitative estimate of drug-likeness (QED) is 0.444. The molecule has 164 valence electrons. The Morgan fingerprint density at radius 2 is 2.10 bits per heavy atom. The van der Waals surface area contributed by atoms with Crippen LogP contribution in [0, 0.1) is 0 Å². The average molecular weight is 488 g/mol. The second kappa shape index (κ2) is 9.92. The number of ether oxygens (including phenoxy) is 4. The molecule has 7 heteroatoms. The van der Waals surface area contributed by atoms with Crippen molar-refractivity contribution in [2.45, 2.75) is 25.4 Å². The summed E-state index contributed by atoms with van der Waals surface area (Å²) >= 11 is 3.54. The molecular formula is C24H26BrNO5. The number of methoxy groups -OCH3 is 2. The van der Waals surface area contributed by atoms with E-state index in [0.29, 0.717) is 22.4 Å². The van der Waals surface area contributed by atoms with Gasteiger partial charge in [-0.25, -0.2) is 4.79 Å². The van der Waals surface area contributed by atoms with E-state index >= 15 is 0 Å². The molecule has 0 saturated carbocycles. The minimum Gasteiger partial charge on any atom is -0.493 e. The van der Waals surface area contributed by atoms with Gasteiger partial charge in [0.05, 0.1) is 25.3 Å². The molecular weight excluding hydrogens is 462 g/mol. The predicted molar refractivity (Wildman–Crippen MR) is 123 cm³/mol. The summed E-state index contributed by atoms with van der Waals surface area (Å²) in [5.41, 5.74) is 9.36. The lowest BCUT2D eigenvalue weighted by Crippen LogP contribution is -2.35. The van der Waals surface area contributed by atoms with E-state index in [-0.39, 0.29) is 24.2 Å². The highest BCUT2D eigenvalue weighted by Crippen LogP contribution is 2.47. The number of carbonyl (C=O) groups is 1. The van der Waals surface area contributed by atoms with E-state index in [9.17, 15) is 4.79 Å². The van der Waals surface area contributed by atoms with Gasteiger partial charge in [0, 0.05) is 12.3 Å². The summed E-state index contributed by atoms with van der Waals surface area (Å²) in [4.78, 5) is 12.9. The van der Waals surface area contributed by atoms with Gasteiger partial charge in [-0.05, 0) is 51.7 Å². The zero-order valence-electron chi connectivity index (χ0n) is 17.8. The molecule has 2 atom stereocenters. The SMILES string of the molecule is C=C/C=C\C1=CC=C2C(C1)OC(N)=C(C(=O)OCC)C2c1cc(Br)c(OC)c(OC)c1. The largest absolute Gasteiger partial charge is 0.493 e. The van der Waals surface area contributed by atoms with Crippen molar-refractivity contribution in [3.8, 4) is 11.5 Å². The summed E-state index contributed by atoms with van der Waals surface area (Å²) in [5, 5.41) is 0. The van der Waals surface area contributed by atoms with Crippen LogP contribution >= 0.6 is 15.9 Å². The van der Waals surface area contributed by atoms with Crippen LogP contribution in [-0.4, -0.2) is 32.9 Å². The standard InChI is InChI=1S/C24H26BrNO5/c1-5-7-8-14-9-10-16-18(11-14)31-23(26)21(24(27)30-6-2)20(16)15-12-17(25)22(29-4)19(13-15)28-3/h5,7-10,12-13,18,20H,1,6,11,26H2,2-4H3/b8-7-. The van der Waals surface area contributed by atoms with Crippen molar-refractivity contribution in [1.82, 2.24) is 0 Å². The number of allylic oxidation sites excluding steroid dienone is 5. The minimum atomic E-state index is -0.503. The molecule has 2 N–H and O–H groups in total. The fourth-order valence-electron chi connectivity index (χ4n) is 3.83. The van der Waals surface area contributed by atoms with E-state index in [1.165, 1.54) is 0 Å². The predicted octanol–water partition coefficient (Wildman–Crippen LogP) is 4.68. The highest BCUT2D eigenvalue weighted by Gasteiger charge is 2.41. The molecule has 0 fully saturated rings. The number of carbonyl (C=O) groups excluding carboxylic acids is 1. The van der Waals surface area contributed by atoms with Crippen molar-refractivity contribution < 1.29 is 23.7 Å². The molecule has 2 unspecified atom stereocenters. The van der Waals surface area contributed by atoms with Crippen molar-refractivity contribution in [1.29, 1.82) is 0 Å². The van der Waals surface area contributed by atoms with Gasteiger partial charge < -0.3 is 24.7 Å². The number of hydrogen-bond donors (Lipinski definition) is 1. The number of halogens is 1. The summed E-state index contributed by atoms with van der Waals surface area (Å²) in [7, 11) is 3.14. The Morgan fingerprint density at radius 3 is 2.74 bits per heavy atom. The fraction of sp³-hybridized carbons (Fsp3) is 0.292. The summed E-state index contributed by atoms with van der Waals surface area (Å²) in [5.74, 6) is 0.231. The van der Waals surface area contributed by atoms with E-state index < -0.39 is 11.9 Å². The molecule has 31 heavy (non-hydrogen) atoms. The summed E-state index contributed by atoms with van der Waals surface area (Å²) in [6.07, 6.45) is 9.90. The van der Waals surface area contributed by atoms with Crippen LogP contribution in [0.5, 0.6) is 11.5 Å². The minimum absolute atomic E-state index is 0.0745. The lowest BCUT2D eigenvalue weighted by molar-refractivity contribution is -0.139. The Balaban J connectivity index is 2.19. The van der Waals surface area contributed by atoms with Gasteiger partial charge >= 0.3 is 5.97 Å². The molecule has 1 aliphatic heterocycles. The first-order valence-corrected chi connectivity index (χ1v) is 10.7.